The molecule has 0 atom stereocenters. The van der Waals surface area contributed by atoms with Gasteiger partial charge in [0.1, 0.15) is 5.82 Å². The number of aromatic nitrogens is 2. The molecular formula is C15H12N2O2. The summed E-state index contributed by atoms with van der Waals surface area (Å²) in [5.74, 6) is 0.450. The van der Waals surface area contributed by atoms with Crippen molar-refractivity contribution in [2.45, 2.75) is 0 Å². The molecular weight excluding hydrogens is 240 g/mol. The van der Waals surface area contributed by atoms with Gasteiger partial charge in [-0.15, -0.1) is 0 Å². The standard InChI is InChI=1S/C15H12N2O2/c1-19-15(18)12-8-5-9-17-13(12)10-16-14(17)11-6-3-2-4-7-11/h2-10H,1H3. The molecule has 0 saturated heterocycles. The summed E-state index contributed by atoms with van der Waals surface area (Å²) in [4.78, 5) is 16.1. The van der Waals surface area contributed by atoms with Crippen molar-refractivity contribution in [1.82, 2.24) is 9.38 Å². The molecule has 0 radical (unpaired) electrons. The number of esters is 1. The molecule has 2 heterocycles. The summed E-state index contributed by atoms with van der Waals surface area (Å²) < 4.78 is 6.67. The molecule has 3 aromatic rings. The summed E-state index contributed by atoms with van der Waals surface area (Å²) in [6.45, 7) is 0. The topological polar surface area (TPSA) is 43.6 Å². The number of pyridine rings is 1. The maximum Gasteiger partial charge on any atom is 0.340 e. The van der Waals surface area contributed by atoms with Crippen molar-refractivity contribution in [3.63, 3.8) is 0 Å². The van der Waals surface area contributed by atoms with Crippen LogP contribution in [0, 0.1) is 0 Å². The van der Waals surface area contributed by atoms with Gasteiger partial charge in [0.05, 0.1) is 24.4 Å². The average Bonchev–Trinajstić information content (AvgIpc) is 2.91. The van der Waals surface area contributed by atoms with E-state index >= 15 is 0 Å². The van der Waals surface area contributed by atoms with Crippen molar-refractivity contribution in [3.05, 3.63) is 60.4 Å². The zero-order chi connectivity index (χ0) is 13.2. The number of methoxy groups -OCH3 is 1. The summed E-state index contributed by atoms with van der Waals surface area (Å²) in [7, 11) is 1.38. The number of hydrogen-bond acceptors (Lipinski definition) is 3. The minimum atomic E-state index is -0.356. The molecule has 0 N–H and O–H groups in total. The summed E-state index contributed by atoms with van der Waals surface area (Å²) >= 11 is 0. The van der Waals surface area contributed by atoms with E-state index in [9.17, 15) is 4.79 Å². The summed E-state index contributed by atoms with van der Waals surface area (Å²) in [5.41, 5.74) is 2.26. The van der Waals surface area contributed by atoms with E-state index in [4.69, 9.17) is 4.74 Å². The van der Waals surface area contributed by atoms with Gasteiger partial charge in [-0.3, -0.25) is 4.40 Å². The van der Waals surface area contributed by atoms with Crippen LogP contribution in [0.3, 0.4) is 0 Å². The van der Waals surface area contributed by atoms with E-state index in [1.165, 1.54) is 7.11 Å². The van der Waals surface area contributed by atoms with Gasteiger partial charge in [0.2, 0.25) is 0 Å². The number of imidazole rings is 1. The maximum absolute atomic E-state index is 11.7. The van der Waals surface area contributed by atoms with Crippen molar-refractivity contribution in [1.29, 1.82) is 0 Å². The van der Waals surface area contributed by atoms with Gasteiger partial charge in [0.25, 0.3) is 0 Å². The van der Waals surface area contributed by atoms with Gasteiger partial charge in [-0.05, 0) is 12.1 Å². The Morgan fingerprint density at radius 2 is 1.95 bits per heavy atom. The highest BCUT2D eigenvalue weighted by Crippen LogP contribution is 2.21. The number of hydrogen-bond donors (Lipinski definition) is 0. The lowest BCUT2D eigenvalue weighted by molar-refractivity contribution is 0.0602. The zero-order valence-electron chi connectivity index (χ0n) is 10.4. The van der Waals surface area contributed by atoms with Gasteiger partial charge in [0, 0.05) is 11.8 Å². The lowest BCUT2D eigenvalue weighted by atomic mass is 10.2. The van der Waals surface area contributed by atoms with E-state index in [-0.39, 0.29) is 5.97 Å². The molecule has 0 aliphatic carbocycles. The van der Waals surface area contributed by atoms with E-state index in [1.54, 1.807) is 12.3 Å². The van der Waals surface area contributed by atoms with Crippen LogP contribution < -0.4 is 0 Å². The molecule has 0 unspecified atom stereocenters. The Labute approximate surface area is 110 Å². The minimum absolute atomic E-state index is 0.356. The predicted molar refractivity (Wildman–Crippen MR) is 72.0 cm³/mol. The van der Waals surface area contributed by atoms with Crippen molar-refractivity contribution < 1.29 is 9.53 Å². The third kappa shape index (κ3) is 1.87. The number of fused-ring (bicyclic) bond motifs is 1. The molecule has 0 aliphatic rings. The van der Waals surface area contributed by atoms with Gasteiger partial charge in [-0.25, -0.2) is 9.78 Å². The van der Waals surface area contributed by atoms with Gasteiger partial charge in [-0.1, -0.05) is 30.3 Å². The number of carbonyl (C=O) groups is 1. The number of nitrogens with zero attached hydrogens (tertiary/aromatic N) is 2. The fourth-order valence-electron chi connectivity index (χ4n) is 2.11. The Hall–Kier alpha value is -2.62. The predicted octanol–water partition coefficient (Wildman–Crippen LogP) is 2.79. The van der Waals surface area contributed by atoms with Crippen LogP contribution in [-0.2, 0) is 4.74 Å². The van der Waals surface area contributed by atoms with Crippen LogP contribution in [0.1, 0.15) is 10.4 Å². The number of rotatable bonds is 2. The second-order valence-electron chi connectivity index (χ2n) is 4.12. The third-order valence-corrected chi connectivity index (χ3v) is 3.01. The van der Waals surface area contributed by atoms with Gasteiger partial charge in [-0.2, -0.15) is 0 Å². The molecule has 4 heteroatoms. The summed E-state index contributed by atoms with van der Waals surface area (Å²) in [6.07, 6.45) is 3.58. The normalized spacial score (nSPS) is 10.6. The molecule has 1 aromatic carbocycles. The molecule has 0 fully saturated rings. The van der Waals surface area contributed by atoms with Crippen LogP contribution in [0.15, 0.2) is 54.9 Å². The Kier molecular flexibility index (Phi) is 2.76. The van der Waals surface area contributed by atoms with E-state index in [0.717, 1.165) is 16.9 Å². The van der Waals surface area contributed by atoms with Gasteiger partial charge in [0.15, 0.2) is 0 Å². The van der Waals surface area contributed by atoms with Gasteiger partial charge < -0.3 is 4.74 Å². The fraction of sp³-hybridized carbons (Fsp3) is 0.0667. The number of ether oxygens (including phenoxy) is 1. The van der Waals surface area contributed by atoms with E-state index in [0.29, 0.717) is 5.56 Å². The molecule has 0 spiro atoms. The molecule has 0 saturated carbocycles. The highest BCUT2D eigenvalue weighted by Gasteiger charge is 2.13. The van der Waals surface area contributed by atoms with Crippen LogP contribution >= 0.6 is 0 Å². The first kappa shape index (κ1) is 11.5. The molecule has 4 nitrogen and oxygen atoms in total. The van der Waals surface area contributed by atoms with E-state index in [1.807, 2.05) is 47.0 Å². The Balaban J connectivity index is 2.23. The quantitative estimate of drug-likeness (QED) is 0.659. The smallest absolute Gasteiger partial charge is 0.340 e. The second kappa shape index (κ2) is 4.57. The molecule has 19 heavy (non-hydrogen) atoms. The molecule has 2 aromatic heterocycles. The highest BCUT2D eigenvalue weighted by atomic mass is 16.5. The van der Waals surface area contributed by atoms with Crippen molar-refractivity contribution in [3.8, 4) is 11.4 Å². The molecule has 0 aliphatic heterocycles. The SMILES string of the molecule is COC(=O)c1cccn2c(-c3ccccc3)ncc12. The molecule has 94 valence electrons. The van der Waals surface area contributed by atoms with E-state index < -0.39 is 0 Å². The average molecular weight is 252 g/mol. The zero-order valence-corrected chi connectivity index (χ0v) is 10.4. The lowest BCUT2D eigenvalue weighted by Crippen LogP contribution is -2.03. The first-order valence-corrected chi connectivity index (χ1v) is 5.91. The fourth-order valence-corrected chi connectivity index (χ4v) is 2.11. The molecule has 0 bridgehead atoms. The van der Waals surface area contributed by atoms with Crippen molar-refractivity contribution >= 4 is 11.5 Å². The third-order valence-electron chi connectivity index (χ3n) is 3.01. The van der Waals surface area contributed by atoms with Crippen molar-refractivity contribution in [2.24, 2.45) is 0 Å². The maximum atomic E-state index is 11.7. The van der Waals surface area contributed by atoms with Crippen LogP contribution in [0.25, 0.3) is 16.9 Å². The molecule has 3 rings (SSSR count). The highest BCUT2D eigenvalue weighted by molar-refractivity contribution is 5.97. The summed E-state index contributed by atoms with van der Waals surface area (Å²) in [6, 6.07) is 13.4. The van der Waals surface area contributed by atoms with Crippen LogP contribution in [0.4, 0.5) is 0 Å². The first-order valence-electron chi connectivity index (χ1n) is 5.91. The number of carbonyl (C=O) groups excluding carboxylic acids is 1. The van der Waals surface area contributed by atoms with Gasteiger partial charge >= 0.3 is 5.97 Å². The number of benzene rings is 1. The Morgan fingerprint density at radius 1 is 1.16 bits per heavy atom. The van der Waals surface area contributed by atoms with Crippen LogP contribution in [0.2, 0.25) is 0 Å². The monoisotopic (exact) mass is 252 g/mol. The van der Waals surface area contributed by atoms with Crippen LogP contribution in [0.5, 0.6) is 0 Å². The Bertz CT molecular complexity index is 732. The van der Waals surface area contributed by atoms with E-state index in [2.05, 4.69) is 4.98 Å². The lowest BCUT2D eigenvalue weighted by Gasteiger charge is -2.04. The summed E-state index contributed by atoms with van der Waals surface area (Å²) in [5, 5.41) is 0. The first-order chi connectivity index (χ1) is 9.31. The van der Waals surface area contributed by atoms with Crippen molar-refractivity contribution in [2.75, 3.05) is 7.11 Å². The molecule has 0 amide bonds. The van der Waals surface area contributed by atoms with Crippen LogP contribution in [-0.4, -0.2) is 22.5 Å². The minimum Gasteiger partial charge on any atom is -0.465 e. The Morgan fingerprint density at radius 3 is 2.68 bits per heavy atom. The largest absolute Gasteiger partial charge is 0.465 e. The second-order valence-corrected chi connectivity index (χ2v) is 4.12.